The average Bonchev–Trinajstić information content (AvgIpc) is 2.60. The minimum Gasteiger partial charge on any atom is -0.481 e. The Morgan fingerprint density at radius 2 is 1.71 bits per heavy atom. The standard InChI is InChI=1S/C19H22N2O3/c1-14(16-5-3-2-4-6-16)21-13-15-7-9-17(10-8-15)19(24)20-12-11-18(22)23/h2-10,14,21H,11-13H2,1H3,(H,20,24)(H,22,23). The molecule has 24 heavy (non-hydrogen) atoms. The van der Waals surface area contributed by atoms with Crippen molar-refractivity contribution in [2.45, 2.75) is 25.9 Å². The Hall–Kier alpha value is -2.66. The molecule has 0 bridgehead atoms. The summed E-state index contributed by atoms with van der Waals surface area (Å²) >= 11 is 0. The third-order valence-corrected chi connectivity index (χ3v) is 3.75. The van der Waals surface area contributed by atoms with E-state index in [4.69, 9.17) is 5.11 Å². The molecule has 0 aliphatic carbocycles. The van der Waals surface area contributed by atoms with Crippen LogP contribution in [0, 0.1) is 0 Å². The fraction of sp³-hybridized carbons (Fsp3) is 0.263. The average molecular weight is 326 g/mol. The summed E-state index contributed by atoms with van der Waals surface area (Å²) in [5.41, 5.74) is 2.84. The van der Waals surface area contributed by atoms with Crippen molar-refractivity contribution in [2.24, 2.45) is 0 Å². The van der Waals surface area contributed by atoms with Crippen LogP contribution in [0.25, 0.3) is 0 Å². The second-order valence-corrected chi connectivity index (χ2v) is 5.61. The Kier molecular flexibility index (Phi) is 6.51. The summed E-state index contributed by atoms with van der Waals surface area (Å²) in [5, 5.41) is 14.6. The maximum absolute atomic E-state index is 11.9. The van der Waals surface area contributed by atoms with Crippen molar-refractivity contribution in [2.75, 3.05) is 6.54 Å². The van der Waals surface area contributed by atoms with Gasteiger partial charge in [0.1, 0.15) is 0 Å². The van der Waals surface area contributed by atoms with Crippen LogP contribution < -0.4 is 10.6 Å². The summed E-state index contributed by atoms with van der Waals surface area (Å²) < 4.78 is 0. The number of nitrogens with one attached hydrogen (secondary N) is 2. The minimum atomic E-state index is -0.927. The summed E-state index contributed by atoms with van der Waals surface area (Å²) in [7, 11) is 0. The molecule has 1 atom stereocenters. The van der Waals surface area contributed by atoms with Crippen molar-refractivity contribution >= 4 is 11.9 Å². The lowest BCUT2D eigenvalue weighted by Gasteiger charge is -2.14. The maximum atomic E-state index is 11.9. The highest BCUT2D eigenvalue weighted by Crippen LogP contribution is 2.12. The highest BCUT2D eigenvalue weighted by atomic mass is 16.4. The number of carboxylic acid groups (broad SMARTS) is 1. The van der Waals surface area contributed by atoms with Crippen molar-refractivity contribution in [1.29, 1.82) is 0 Å². The quantitative estimate of drug-likeness (QED) is 0.697. The number of aliphatic carboxylic acids is 1. The van der Waals surface area contributed by atoms with E-state index in [9.17, 15) is 9.59 Å². The van der Waals surface area contributed by atoms with E-state index in [0.29, 0.717) is 12.1 Å². The van der Waals surface area contributed by atoms with Crippen LogP contribution in [0.1, 0.15) is 40.9 Å². The molecule has 2 aromatic carbocycles. The zero-order valence-electron chi connectivity index (χ0n) is 13.7. The fourth-order valence-corrected chi connectivity index (χ4v) is 2.29. The summed E-state index contributed by atoms with van der Waals surface area (Å²) in [6.45, 7) is 2.95. The molecular weight excluding hydrogens is 304 g/mol. The molecule has 0 radical (unpaired) electrons. The maximum Gasteiger partial charge on any atom is 0.305 e. The highest BCUT2D eigenvalue weighted by Gasteiger charge is 2.07. The fourth-order valence-electron chi connectivity index (χ4n) is 2.29. The lowest BCUT2D eigenvalue weighted by atomic mass is 10.1. The van der Waals surface area contributed by atoms with Gasteiger partial charge in [0.15, 0.2) is 0 Å². The van der Waals surface area contributed by atoms with E-state index < -0.39 is 5.97 Å². The molecule has 0 aliphatic rings. The van der Waals surface area contributed by atoms with Gasteiger partial charge in [0, 0.05) is 24.7 Å². The van der Waals surface area contributed by atoms with E-state index in [1.54, 1.807) is 12.1 Å². The zero-order valence-corrected chi connectivity index (χ0v) is 13.7. The van der Waals surface area contributed by atoms with Gasteiger partial charge in [-0.25, -0.2) is 0 Å². The first-order chi connectivity index (χ1) is 11.6. The van der Waals surface area contributed by atoms with Crippen molar-refractivity contribution in [1.82, 2.24) is 10.6 Å². The first-order valence-corrected chi connectivity index (χ1v) is 7.93. The van der Waals surface area contributed by atoms with Crippen molar-refractivity contribution < 1.29 is 14.7 Å². The highest BCUT2D eigenvalue weighted by molar-refractivity contribution is 5.94. The molecule has 2 rings (SSSR count). The van der Waals surface area contributed by atoms with E-state index in [-0.39, 0.29) is 24.9 Å². The Bertz CT molecular complexity index is 669. The second-order valence-electron chi connectivity index (χ2n) is 5.61. The van der Waals surface area contributed by atoms with Gasteiger partial charge >= 0.3 is 5.97 Å². The smallest absolute Gasteiger partial charge is 0.305 e. The molecule has 0 aromatic heterocycles. The largest absolute Gasteiger partial charge is 0.481 e. The molecule has 0 spiro atoms. The molecule has 5 nitrogen and oxygen atoms in total. The lowest BCUT2D eigenvalue weighted by molar-refractivity contribution is -0.136. The van der Waals surface area contributed by atoms with Gasteiger partial charge in [0.05, 0.1) is 6.42 Å². The van der Waals surface area contributed by atoms with Gasteiger partial charge in [0.2, 0.25) is 0 Å². The predicted octanol–water partition coefficient (Wildman–Crippen LogP) is 2.74. The molecule has 2 aromatic rings. The number of rotatable bonds is 8. The molecule has 0 saturated carbocycles. The normalized spacial score (nSPS) is 11.7. The number of benzene rings is 2. The van der Waals surface area contributed by atoms with Crippen LogP contribution >= 0.6 is 0 Å². The number of hydrogen-bond donors (Lipinski definition) is 3. The monoisotopic (exact) mass is 326 g/mol. The Labute approximate surface area is 141 Å². The molecule has 126 valence electrons. The van der Waals surface area contributed by atoms with Crippen LogP contribution in [0.2, 0.25) is 0 Å². The number of amides is 1. The molecule has 0 saturated heterocycles. The molecule has 0 heterocycles. The Balaban J connectivity index is 1.83. The molecule has 1 amide bonds. The molecule has 5 heteroatoms. The van der Waals surface area contributed by atoms with Crippen molar-refractivity contribution in [3.05, 3.63) is 71.3 Å². The second kappa shape index (κ2) is 8.84. The third-order valence-electron chi connectivity index (χ3n) is 3.75. The van der Waals surface area contributed by atoms with Gasteiger partial charge in [-0.1, -0.05) is 42.5 Å². The van der Waals surface area contributed by atoms with Gasteiger partial charge in [-0.15, -0.1) is 0 Å². The number of carbonyl (C=O) groups excluding carboxylic acids is 1. The molecule has 1 unspecified atom stereocenters. The Morgan fingerprint density at radius 1 is 1.04 bits per heavy atom. The third kappa shape index (κ3) is 5.52. The van der Waals surface area contributed by atoms with E-state index in [2.05, 4.69) is 29.7 Å². The van der Waals surface area contributed by atoms with Gasteiger partial charge in [-0.2, -0.15) is 0 Å². The van der Waals surface area contributed by atoms with Crippen LogP contribution in [-0.2, 0) is 11.3 Å². The van der Waals surface area contributed by atoms with E-state index >= 15 is 0 Å². The summed E-state index contributed by atoms with van der Waals surface area (Å²) in [6, 6.07) is 17.7. The lowest BCUT2D eigenvalue weighted by Crippen LogP contribution is -2.26. The first kappa shape index (κ1) is 17.7. The van der Waals surface area contributed by atoms with Gasteiger partial charge in [0.25, 0.3) is 5.91 Å². The number of carbonyl (C=O) groups is 2. The van der Waals surface area contributed by atoms with Crippen LogP contribution in [-0.4, -0.2) is 23.5 Å². The van der Waals surface area contributed by atoms with Crippen molar-refractivity contribution in [3.8, 4) is 0 Å². The van der Waals surface area contributed by atoms with E-state index in [1.807, 2.05) is 30.3 Å². The predicted molar refractivity (Wildman–Crippen MR) is 92.7 cm³/mol. The van der Waals surface area contributed by atoms with Crippen LogP contribution in [0.5, 0.6) is 0 Å². The topological polar surface area (TPSA) is 78.4 Å². The van der Waals surface area contributed by atoms with E-state index in [1.165, 1.54) is 5.56 Å². The van der Waals surface area contributed by atoms with Gasteiger partial charge < -0.3 is 15.7 Å². The van der Waals surface area contributed by atoms with Crippen LogP contribution in [0.3, 0.4) is 0 Å². The molecule has 0 fully saturated rings. The SMILES string of the molecule is CC(NCc1ccc(C(=O)NCCC(=O)O)cc1)c1ccccc1. The zero-order chi connectivity index (χ0) is 17.4. The number of hydrogen-bond acceptors (Lipinski definition) is 3. The number of carboxylic acids is 1. The van der Waals surface area contributed by atoms with Crippen LogP contribution in [0.4, 0.5) is 0 Å². The minimum absolute atomic E-state index is 0.0783. The molecule has 0 aliphatic heterocycles. The van der Waals surface area contributed by atoms with Crippen LogP contribution in [0.15, 0.2) is 54.6 Å². The summed E-state index contributed by atoms with van der Waals surface area (Å²) in [6.07, 6.45) is -0.0783. The van der Waals surface area contributed by atoms with Crippen molar-refractivity contribution in [3.63, 3.8) is 0 Å². The van der Waals surface area contributed by atoms with Gasteiger partial charge in [-0.3, -0.25) is 9.59 Å². The first-order valence-electron chi connectivity index (χ1n) is 7.93. The summed E-state index contributed by atoms with van der Waals surface area (Å²) in [4.78, 5) is 22.3. The van der Waals surface area contributed by atoms with E-state index in [0.717, 1.165) is 5.56 Å². The molecule has 3 N–H and O–H groups in total. The summed E-state index contributed by atoms with van der Waals surface area (Å²) in [5.74, 6) is -1.18. The Morgan fingerprint density at radius 3 is 2.33 bits per heavy atom. The molecular formula is C19H22N2O3. The van der Waals surface area contributed by atoms with Gasteiger partial charge in [-0.05, 0) is 30.2 Å².